The van der Waals surface area contributed by atoms with Crippen molar-refractivity contribution in [3.63, 3.8) is 0 Å². The quantitative estimate of drug-likeness (QED) is 0.614. The van der Waals surface area contributed by atoms with Crippen LogP contribution in [0.5, 0.6) is 0 Å². The molecule has 2 aromatic carbocycles. The molecule has 142 valence electrons. The van der Waals surface area contributed by atoms with Crippen LogP contribution in [0.2, 0.25) is 0 Å². The maximum absolute atomic E-state index is 12.4. The van der Waals surface area contributed by atoms with E-state index in [1.54, 1.807) is 67.7 Å². The third-order valence-electron chi connectivity index (χ3n) is 4.01. The molecule has 0 fully saturated rings. The van der Waals surface area contributed by atoms with Crippen LogP contribution in [0.15, 0.2) is 71.3 Å². The lowest BCUT2D eigenvalue weighted by Gasteiger charge is -2.08. The molecule has 0 aliphatic rings. The molecule has 0 spiro atoms. The predicted molar refractivity (Wildman–Crippen MR) is 105 cm³/mol. The first-order valence-corrected chi connectivity index (χ1v) is 8.61. The zero-order valence-corrected chi connectivity index (χ0v) is 15.2. The number of carbonyl (C=O) groups is 3. The molecule has 3 aromatic rings. The van der Waals surface area contributed by atoms with Gasteiger partial charge in [0.05, 0.1) is 12.7 Å². The molecule has 1 aromatic heterocycles. The SMILES string of the molecule is CNC(=O)Cc1ccc(NC(=O)c2ccc(NC(=O)c3ccco3)cc2)cc1. The molecule has 0 bridgehead atoms. The van der Waals surface area contributed by atoms with E-state index < -0.39 is 0 Å². The number of hydrogen-bond acceptors (Lipinski definition) is 4. The summed E-state index contributed by atoms with van der Waals surface area (Å²) in [5.74, 6) is -0.500. The van der Waals surface area contributed by atoms with E-state index in [-0.39, 0.29) is 29.9 Å². The van der Waals surface area contributed by atoms with Gasteiger partial charge in [-0.1, -0.05) is 12.1 Å². The van der Waals surface area contributed by atoms with Gasteiger partial charge in [0.25, 0.3) is 11.8 Å². The van der Waals surface area contributed by atoms with Gasteiger partial charge < -0.3 is 20.4 Å². The molecular formula is C21H19N3O4. The number of rotatable bonds is 6. The molecule has 0 saturated carbocycles. The summed E-state index contributed by atoms with van der Waals surface area (Å²) < 4.78 is 5.03. The molecule has 7 nitrogen and oxygen atoms in total. The van der Waals surface area contributed by atoms with Crippen LogP contribution in [0.25, 0.3) is 0 Å². The molecule has 0 saturated heterocycles. The Morgan fingerprint density at radius 3 is 2.00 bits per heavy atom. The summed E-state index contributed by atoms with van der Waals surface area (Å²) in [4.78, 5) is 35.7. The van der Waals surface area contributed by atoms with Gasteiger partial charge in [0, 0.05) is 24.0 Å². The first kappa shape index (κ1) is 18.9. The van der Waals surface area contributed by atoms with Crippen molar-refractivity contribution in [1.82, 2.24) is 5.32 Å². The molecule has 7 heteroatoms. The van der Waals surface area contributed by atoms with E-state index in [0.29, 0.717) is 16.9 Å². The van der Waals surface area contributed by atoms with Crippen LogP contribution in [0.1, 0.15) is 26.5 Å². The van der Waals surface area contributed by atoms with Crippen LogP contribution >= 0.6 is 0 Å². The molecule has 0 unspecified atom stereocenters. The van der Waals surface area contributed by atoms with Crippen molar-refractivity contribution in [3.05, 3.63) is 83.8 Å². The van der Waals surface area contributed by atoms with E-state index in [9.17, 15) is 14.4 Å². The summed E-state index contributed by atoms with van der Waals surface area (Å²) in [5, 5.41) is 8.05. The minimum Gasteiger partial charge on any atom is -0.459 e. The predicted octanol–water partition coefficient (Wildman–Crippen LogP) is 3.07. The molecule has 3 rings (SSSR count). The number of carbonyl (C=O) groups excluding carboxylic acids is 3. The van der Waals surface area contributed by atoms with E-state index >= 15 is 0 Å². The van der Waals surface area contributed by atoms with Crippen LogP contribution in [0.3, 0.4) is 0 Å². The van der Waals surface area contributed by atoms with Gasteiger partial charge in [-0.05, 0) is 54.1 Å². The van der Waals surface area contributed by atoms with E-state index in [0.717, 1.165) is 5.56 Å². The van der Waals surface area contributed by atoms with Crippen molar-refractivity contribution >= 4 is 29.1 Å². The molecule has 28 heavy (non-hydrogen) atoms. The van der Waals surface area contributed by atoms with Gasteiger partial charge >= 0.3 is 0 Å². The number of nitrogens with one attached hydrogen (secondary N) is 3. The van der Waals surface area contributed by atoms with Gasteiger partial charge in [-0.3, -0.25) is 14.4 Å². The zero-order chi connectivity index (χ0) is 19.9. The molecule has 0 aliphatic carbocycles. The van der Waals surface area contributed by atoms with E-state index in [2.05, 4.69) is 16.0 Å². The fourth-order valence-corrected chi connectivity index (χ4v) is 2.49. The molecular weight excluding hydrogens is 358 g/mol. The summed E-state index contributed by atoms with van der Waals surface area (Å²) in [5.41, 5.74) is 2.48. The Balaban J connectivity index is 1.58. The Morgan fingerprint density at radius 2 is 1.43 bits per heavy atom. The minimum absolute atomic E-state index is 0.0731. The smallest absolute Gasteiger partial charge is 0.291 e. The highest BCUT2D eigenvalue weighted by atomic mass is 16.3. The number of furan rings is 1. The highest BCUT2D eigenvalue weighted by Gasteiger charge is 2.10. The van der Waals surface area contributed by atoms with Gasteiger partial charge in [-0.15, -0.1) is 0 Å². The highest BCUT2D eigenvalue weighted by Crippen LogP contribution is 2.15. The average molecular weight is 377 g/mol. The summed E-state index contributed by atoms with van der Waals surface area (Å²) in [7, 11) is 1.59. The largest absolute Gasteiger partial charge is 0.459 e. The second-order valence-corrected chi connectivity index (χ2v) is 6.01. The monoisotopic (exact) mass is 377 g/mol. The molecule has 3 N–H and O–H groups in total. The highest BCUT2D eigenvalue weighted by molar-refractivity contribution is 6.05. The Bertz CT molecular complexity index is 962. The van der Waals surface area contributed by atoms with Crippen LogP contribution in [-0.2, 0) is 11.2 Å². The van der Waals surface area contributed by atoms with Gasteiger partial charge in [-0.25, -0.2) is 0 Å². The van der Waals surface area contributed by atoms with Gasteiger partial charge in [0.2, 0.25) is 5.91 Å². The Hall–Kier alpha value is -3.87. The fraction of sp³-hybridized carbons (Fsp3) is 0.0952. The van der Waals surface area contributed by atoms with Crippen molar-refractivity contribution in [2.24, 2.45) is 0 Å². The van der Waals surface area contributed by atoms with E-state index in [1.807, 2.05) is 0 Å². The van der Waals surface area contributed by atoms with Crippen molar-refractivity contribution in [3.8, 4) is 0 Å². The third kappa shape index (κ3) is 4.85. The average Bonchev–Trinajstić information content (AvgIpc) is 3.25. The Morgan fingerprint density at radius 1 is 0.821 bits per heavy atom. The zero-order valence-electron chi connectivity index (χ0n) is 15.2. The van der Waals surface area contributed by atoms with Crippen LogP contribution < -0.4 is 16.0 Å². The first-order valence-electron chi connectivity index (χ1n) is 8.61. The summed E-state index contributed by atoms with van der Waals surface area (Å²) >= 11 is 0. The summed E-state index contributed by atoms with van der Waals surface area (Å²) in [6.45, 7) is 0. The van der Waals surface area contributed by atoms with Crippen LogP contribution in [-0.4, -0.2) is 24.8 Å². The topological polar surface area (TPSA) is 100 Å². The lowest BCUT2D eigenvalue weighted by atomic mass is 10.1. The lowest BCUT2D eigenvalue weighted by Crippen LogP contribution is -2.19. The second-order valence-electron chi connectivity index (χ2n) is 6.01. The van der Waals surface area contributed by atoms with Crippen molar-refractivity contribution < 1.29 is 18.8 Å². The Labute approximate surface area is 161 Å². The normalized spacial score (nSPS) is 10.2. The van der Waals surface area contributed by atoms with Gasteiger partial charge in [0.15, 0.2) is 5.76 Å². The summed E-state index contributed by atoms with van der Waals surface area (Å²) in [6, 6.07) is 16.8. The van der Waals surface area contributed by atoms with Crippen molar-refractivity contribution in [2.75, 3.05) is 17.7 Å². The number of amides is 3. The Kier molecular flexibility index (Phi) is 5.86. The molecule has 0 aliphatic heterocycles. The summed E-state index contributed by atoms with van der Waals surface area (Å²) in [6.07, 6.45) is 1.71. The maximum Gasteiger partial charge on any atom is 0.291 e. The first-order chi connectivity index (χ1) is 13.5. The number of likely N-dealkylation sites (N-methyl/N-ethyl adjacent to an activating group) is 1. The molecule has 3 amide bonds. The molecule has 0 radical (unpaired) electrons. The van der Waals surface area contributed by atoms with Crippen LogP contribution in [0.4, 0.5) is 11.4 Å². The van der Waals surface area contributed by atoms with Gasteiger partial charge in [-0.2, -0.15) is 0 Å². The molecule has 0 atom stereocenters. The van der Waals surface area contributed by atoms with Crippen molar-refractivity contribution in [2.45, 2.75) is 6.42 Å². The second kappa shape index (κ2) is 8.68. The van der Waals surface area contributed by atoms with Gasteiger partial charge in [0.1, 0.15) is 0 Å². The maximum atomic E-state index is 12.4. The number of benzene rings is 2. The third-order valence-corrected chi connectivity index (χ3v) is 4.01. The number of anilines is 2. The lowest BCUT2D eigenvalue weighted by molar-refractivity contribution is -0.119. The van der Waals surface area contributed by atoms with E-state index in [1.165, 1.54) is 6.26 Å². The van der Waals surface area contributed by atoms with Crippen LogP contribution in [0, 0.1) is 0 Å². The standard InChI is InChI=1S/C21H19N3O4/c1-22-19(25)13-14-4-8-16(9-5-14)23-20(26)15-6-10-17(11-7-15)24-21(27)18-3-2-12-28-18/h2-12H,13H2,1H3,(H,22,25)(H,23,26)(H,24,27). The molecule has 1 heterocycles. The minimum atomic E-state index is -0.362. The van der Waals surface area contributed by atoms with Crippen molar-refractivity contribution in [1.29, 1.82) is 0 Å². The van der Waals surface area contributed by atoms with E-state index in [4.69, 9.17) is 4.42 Å². The number of hydrogen-bond donors (Lipinski definition) is 3. The fourth-order valence-electron chi connectivity index (χ4n) is 2.49.